The van der Waals surface area contributed by atoms with Gasteiger partial charge >= 0.3 is 5.97 Å². The van der Waals surface area contributed by atoms with Crippen LogP contribution >= 0.6 is 0 Å². The Bertz CT molecular complexity index is 382. The van der Waals surface area contributed by atoms with Crippen molar-refractivity contribution in [2.75, 3.05) is 6.61 Å². The lowest BCUT2D eigenvalue weighted by Crippen LogP contribution is -1.96. The second-order valence-electron chi connectivity index (χ2n) is 3.02. The summed E-state index contributed by atoms with van der Waals surface area (Å²) in [4.78, 5) is 14.3. The van der Waals surface area contributed by atoms with Gasteiger partial charge in [-0.05, 0) is 24.6 Å². The molecule has 1 rings (SSSR count). The number of carboxylic acid groups (broad SMARTS) is 1. The van der Waals surface area contributed by atoms with E-state index in [4.69, 9.17) is 9.84 Å². The molecule has 0 unspecified atom stereocenters. The molecule has 0 atom stereocenters. The summed E-state index contributed by atoms with van der Waals surface area (Å²) in [6, 6.07) is 3.44. The molecule has 1 aromatic rings. The maximum Gasteiger partial charge on any atom is 0.328 e. The van der Waals surface area contributed by atoms with Gasteiger partial charge in [-0.3, -0.25) is 4.98 Å². The summed E-state index contributed by atoms with van der Waals surface area (Å²) < 4.78 is 5.35. The fourth-order valence-corrected chi connectivity index (χ4v) is 0.992. The molecule has 0 saturated carbocycles. The molecule has 0 bridgehead atoms. The van der Waals surface area contributed by atoms with Gasteiger partial charge in [-0.25, -0.2) is 4.79 Å². The molecule has 0 spiro atoms. The van der Waals surface area contributed by atoms with Crippen LogP contribution in [0.5, 0.6) is 5.75 Å². The Hall–Kier alpha value is -2.10. The number of aromatic nitrogens is 1. The second kappa shape index (κ2) is 6.40. The summed E-state index contributed by atoms with van der Waals surface area (Å²) >= 11 is 0. The number of pyridine rings is 1. The highest BCUT2D eigenvalue weighted by molar-refractivity contribution is 5.84. The Balaban J connectivity index is 2.53. The molecule has 0 saturated heterocycles. The monoisotopic (exact) mass is 219 g/mol. The number of carbonyl (C=O) groups is 1. The van der Waals surface area contributed by atoms with Crippen molar-refractivity contribution in [1.82, 2.24) is 4.98 Å². The molecule has 0 aliphatic heterocycles. The first-order valence-electron chi connectivity index (χ1n) is 4.83. The van der Waals surface area contributed by atoms with Gasteiger partial charge in [0.2, 0.25) is 0 Å². The van der Waals surface area contributed by atoms with Gasteiger partial charge in [0.25, 0.3) is 0 Å². The number of rotatable bonds is 6. The first-order chi connectivity index (χ1) is 7.72. The fraction of sp³-hybridized carbons (Fsp3) is 0.167. The molecular formula is C12H13NO3. The molecule has 1 heterocycles. The summed E-state index contributed by atoms with van der Waals surface area (Å²) in [6.07, 6.45) is 6.58. The summed E-state index contributed by atoms with van der Waals surface area (Å²) in [7, 11) is 0. The summed E-state index contributed by atoms with van der Waals surface area (Å²) in [5.41, 5.74) is 0.582. The van der Waals surface area contributed by atoms with Crippen LogP contribution in [-0.4, -0.2) is 22.7 Å². The van der Waals surface area contributed by atoms with Crippen molar-refractivity contribution in [2.45, 2.75) is 6.42 Å². The second-order valence-corrected chi connectivity index (χ2v) is 3.02. The van der Waals surface area contributed by atoms with Gasteiger partial charge in [-0.2, -0.15) is 0 Å². The van der Waals surface area contributed by atoms with E-state index in [0.29, 0.717) is 18.1 Å². The van der Waals surface area contributed by atoms with E-state index in [-0.39, 0.29) is 0 Å². The van der Waals surface area contributed by atoms with Crippen LogP contribution in [0.3, 0.4) is 0 Å². The fourth-order valence-electron chi connectivity index (χ4n) is 0.992. The van der Waals surface area contributed by atoms with Crippen LogP contribution < -0.4 is 4.74 Å². The molecule has 0 aromatic carbocycles. The van der Waals surface area contributed by atoms with Crippen LogP contribution in [0, 0.1) is 0 Å². The van der Waals surface area contributed by atoms with E-state index < -0.39 is 5.97 Å². The first-order valence-corrected chi connectivity index (χ1v) is 4.83. The van der Waals surface area contributed by atoms with Crippen molar-refractivity contribution in [3.05, 3.63) is 42.8 Å². The van der Waals surface area contributed by atoms with Gasteiger partial charge in [0.15, 0.2) is 0 Å². The highest BCUT2D eigenvalue weighted by Gasteiger charge is 1.94. The van der Waals surface area contributed by atoms with Crippen molar-refractivity contribution in [1.29, 1.82) is 0 Å². The average Bonchev–Trinajstić information content (AvgIpc) is 2.28. The van der Waals surface area contributed by atoms with E-state index in [9.17, 15) is 4.79 Å². The van der Waals surface area contributed by atoms with Gasteiger partial charge in [0, 0.05) is 6.08 Å². The summed E-state index contributed by atoms with van der Waals surface area (Å²) in [6.45, 7) is 4.15. The first kappa shape index (κ1) is 12.0. The van der Waals surface area contributed by atoms with Gasteiger partial charge in [0.1, 0.15) is 5.75 Å². The zero-order chi connectivity index (χ0) is 11.8. The third-order valence-corrected chi connectivity index (χ3v) is 1.75. The van der Waals surface area contributed by atoms with Crippen molar-refractivity contribution in [3.8, 4) is 5.75 Å². The molecule has 0 fully saturated rings. The summed E-state index contributed by atoms with van der Waals surface area (Å²) in [5, 5.41) is 8.42. The van der Waals surface area contributed by atoms with Crippen LogP contribution in [0.2, 0.25) is 0 Å². The molecule has 0 radical (unpaired) electrons. The standard InChI is InChI=1S/C12H13NO3/c1-2-3-8-16-11-6-4-10(13-9-11)5-7-12(14)15/h2,4-7,9H,1,3,8H2,(H,14,15). The Labute approximate surface area is 93.9 Å². The topological polar surface area (TPSA) is 59.4 Å². The molecule has 0 aliphatic rings. The van der Waals surface area contributed by atoms with Gasteiger partial charge in [-0.15, -0.1) is 6.58 Å². The lowest BCUT2D eigenvalue weighted by molar-refractivity contribution is -0.131. The number of carboxylic acids is 1. The van der Waals surface area contributed by atoms with E-state index >= 15 is 0 Å². The van der Waals surface area contributed by atoms with E-state index in [1.165, 1.54) is 6.08 Å². The highest BCUT2D eigenvalue weighted by Crippen LogP contribution is 2.10. The number of nitrogens with zero attached hydrogens (tertiary/aromatic N) is 1. The quantitative estimate of drug-likeness (QED) is 0.452. The molecule has 0 amide bonds. The minimum absolute atomic E-state index is 0.565. The molecule has 4 nitrogen and oxygen atoms in total. The van der Waals surface area contributed by atoms with Crippen LogP contribution in [0.25, 0.3) is 6.08 Å². The van der Waals surface area contributed by atoms with Crippen molar-refractivity contribution >= 4 is 12.0 Å². The third kappa shape index (κ3) is 4.41. The van der Waals surface area contributed by atoms with Gasteiger partial charge < -0.3 is 9.84 Å². The van der Waals surface area contributed by atoms with E-state index in [1.54, 1.807) is 24.4 Å². The van der Waals surface area contributed by atoms with Crippen LogP contribution in [0.4, 0.5) is 0 Å². The minimum Gasteiger partial charge on any atom is -0.492 e. The largest absolute Gasteiger partial charge is 0.492 e. The predicted octanol–water partition coefficient (Wildman–Crippen LogP) is 2.13. The van der Waals surface area contributed by atoms with Crippen LogP contribution in [0.15, 0.2) is 37.1 Å². The molecule has 0 aliphatic carbocycles. The van der Waals surface area contributed by atoms with E-state index in [1.807, 2.05) is 0 Å². The normalized spacial score (nSPS) is 10.2. The molecular weight excluding hydrogens is 206 g/mol. The Morgan fingerprint density at radius 3 is 2.94 bits per heavy atom. The maximum absolute atomic E-state index is 10.3. The predicted molar refractivity (Wildman–Crippen MR) is 61.2 cm³/mol. The van der Waals surface area contributed by atoms with E-state index in [0.717, 1.165) is 12.5 Å². The van der Waals surface area contributed by atoms with Crippen molar-refractivity contribution < 1.29 is 14.6 Å². The van der Waals surface area contributed by atoms with Crippen molar-refractivity contribution in [3.63, 3.8) is 0 Å². The molecule has 84 valence electrons. The summed E-state index contributed by atoms with van der Waals surface area (Å²) in [5.74, 6) is -0.331. The minimum atomic E-state index is -0.992. The highest BCUT2D eigenvalue weighted by atomic mass is 16.5. The molecule has 1 aromatic heterocycles. The average molecular weight is 219 g/mol. The molecule has 4 heteroatoms. The number of ether oxygens (including phenoxy) is 1. The smallest absolute Gasteiger partial charge is 0.328 e. The maximum atomic E-state index is 10.3. The molecule has 16 heavy (non-hydrogen) atoms. The lowest BCUT2D eigenvalue weighted by Gasteiger charge is -2.03. The van der Waals surface area contributed by atoms with Crippen LogP contribution in [-0.2, 0) is 4.79 Å². The van der Waals surface area contributed by atoms with Gasteiger partial charge in [-0.1, -0.05) is 6.08 Å². The lowest BCUT2D eigenvalue weighted by atomic mass is 10.3. The van der Waals surface area contributed by atoms with E-state index in [2.05, 4.69) is 11.6 Å². The number of hydrogen-bond donors (Lipinski definition) is 1. The molecule has 1 N–H and O–H groups in total. The Kier molecular flexibility index (Phi) is 4.79. The Morgan fingerprint density at radius 1 is 1.56 bits per heavy atom. The SMILES string of the molecule is C=CCCOc1ccc(C=CC(=O)O)nc1. The van der Waals surface area contributed by atoms with Gasteiger partial charge in [0.05, 0.1) is 18.5 Å². The zero-order valence-electron chi connectivity index (χ0n) is 8.80. The zero-order valence-corrected chi connectivity index (χ0v) is 8.80. The Morgan fingerprint density at radius 2 is 2.38 bits per heavy atom. The number of hydrogen-bond acceptors (Lipinski definition) is 3. The third-order valence-electron chi connectivity index (χ3n) is 1.75. The van der Waals surface area contributed by atoms with Crippen LogP contribution in [0.1, 0.15) is 12.1 Å². The number of aliphatic carboxylic acids is 1. The van der Waals surface area contributed by atoms with Crippen molar-refractivity contribution in [2.24, 2.45) is 0 Å².